The highest BCUT2D eigenvalue weighted by molar-refractivity contribution is 7.10. The van der Waals surface area contributed by atoms with E-state index in [1.165, 1.54) is 16.0 Å². The van der Waals surface area contributed by atoms with Crippen LogP contribution >= 0.6 is 11.3 Å². The summed E-state index contributed by atoms with van der Waals surface area (Å²) < 4.78 is 0. The van der Waals surface area contributed by atoms with Gasteiger partial charge in [0.25, 0.3) is 0 Å². The highest BCUT2D eigenvalue weighted by atomic mass is 32.1. The molecule has 0 saturated carbocycles. The first kappa shape index (κ1) is 13.3. The number of benzene rings is 1. The summed E-state index contributed by atoms with van der Waals surface area (Å²) in [6, 6.07) is 13.2. The molecule has 0 radical (unpaired) electrons. The van der Waals surface area contributed by atoms with Crippen molar-refractivity contribution in [2.24, 2.45) is 5.73 Å². The number of nitrogens with two attached hydrogens (primary N) is 1. The average Bonchev–Trinajstić information content (AvgIpc) is 2.90. The summed E-state index contributed by atoms with van der Waals surface area (Å²) in [6.07, 6.45) is 1.04. The SMILES string of the molecule is CC(C)c1ccc(CC(CN)c2cccs2)cc1. The van der Waals surface area contributed by atoms with Gasteiger partial charge in [0.2, 0.25) is 0 Å². The Morgan fingerprint density at radius 1 is 1.11 bits per heavy atom. The maximum Gasteiger partial charge on any atom is 0.00958 e. The molecule has 1 heterocycles. The van der Waals surface area contributed by atoms with Gasteiger partial charge >= 0.3 is 0 Å². The molecule has 2 aromatic rings. The van der Waals surface area contributed by atoms with Gasteiger partial charge in [0.05, 0.1) is 0 Å². The minimum atomic E-state index is 0.454. The van der Waals surface area contributed by atoms with E-state index < -0.39 is 0 Å². The van der Waals surface area contributed by atoms with Crippen LogP contribution in [0.25, 0.3) is 0 Å². The highest BCUT2D eigenvalue weighted by Crippen LogP contribution is 2.25. The summed E-state index contributed by atoms with van der Waals surface area (Å²) in [4.78, 5) is 1.39. The third-order valence-electron chi connectivity index (χ3n) is 3.36. The molecule has 1 aromatic carbocycles. The zero-order valence-electron chi connectivity index (χ0n) is 11.1. The fraction of sp³-hybridized carbons (Fsp3) is 0.375. The van der Waals surface area contributed by atoms with E-state index in [0.29, 0.717) is 18.4 Å². The maximum absolute atomic E-state index is 5.90. The zero-order chi connectivity index (χ0) is 13.0. The molecule has 1 atom stereocenters. The molecule has 1 nitrogen and oxygen atoms in total. The van der Waals surface area contributed by atoms with Gasteiger partial charge in [-0.25, -0.2) is 0 Å². The van der Waals surface area contributed by atoms with Crippen LogP contribution in [0, 0.1) is 0 Å². The van der Waals surface area contributed by atoms with Crippen LogP contribution in [0.3, 0.4) is 0 Å². The summed E-state index contributed by atoms with van der Waals surface area (Å²) in [5, 5.41) is 2.12. The van der Waals surface area contributed by atoms with Crippen LogP contribution in [0.15, 0.2) is 41.8 Å². The van der Waals surface area contributed by atoms with Crippen molar-refractivity contribution in [2.45, 2.75) is 32.1 Å². The monoisotopic (exact) mass is 259 g/mol. The van der Waals surface area contributed by atoms with Crippen molar-refractivity contribution in [2.75, 3.05) is 6.54 Å². The molecule has 0 amide bonds. The predicted molar refractivity (Wildman–Crippen MR) is 80.3 cm³/mol. The van der Waals surface area contributed by atoms with Crippen LogP contribution in [0.5, 0.6) is 0 Å². The van der Waals surface area contributed by atoms with Gasteiger partial charge in [-0.1, -0.05) is 44.2 Å². The van der Waals surface area contributed by atoms with Crippen molar-refractivity contribution in [3.8, 4) is 0 Å². The lowest BCUT2D eigenvalue weighted by Crippen LogP contribution is -2.13. The number of rotatable bonds is 5. The van der Waals surface area contributed by atoms with Gasteiger partial charge in [0.1, 0.15) is 0 Å². The number of thiophene rings is 1. The molecule has 1 unspecified atom stereocenters. The third-order valence-corrected chi connectivity index (χ3v) is 4.39. The van der Waals surface area contributed by atoms with Crippen LogP contribution < -0.4 is 5.73 Å². The summed E-state index contributed by atoms with van der Waals surface area (Å²) in [7, 11) is 0. The summed E-state index contributed by atoms with van der Waals surface area (Å²) in [6.45, 7) is 5.17. The van der Waals surface area contributed by atoms with Crippen LogP contribution in [0.2, 0.25) is 0 Å². The standard InChI is InChI=1S/C16H21NS/c1-12(2)14-7-5-13(6-8-14)10-15(11-17)16-4-3-9-18-16/h3-9,12,15H,10-11,17H2,1-2H3. The summed E-state index contributed by atoms with van der Waals surface area (Å²) in [5.74, 6) is 1.05. The second-order valence-corrected chi connectivity index (χ2v) is 6.03. The molecule has 0 spiro atoms. The molecule has 2 heteroatoms. The smallest absolute Gasteiger partial charge is 0.00958 e. The van der Waals surface area contributed by atoms with Crippen molar-refractivity contribution in [1.82, 2.24) is 0 Å². The van der Waals surface area contributed by atoms with E-state index >= 15 is 0 Å². The largest absolute Gasteiger partial charge is 0.330 e. The average molecular weight is 259 g/mol. The van der Waals surface area contributed by atoms with Gasteiger partial charge in [0.15, 0.2) is 0 Å². The van der Waals surface area contributed by atoms with Gasteiger partial charge in [-0.05, 0) is 34.9 Å². The Kier molecular flexibility index (Phi) is 4.56. The van der Waals surface area contributed by atoms with Gasteiger partial charge in [0, 0.05) is 17.3 Å². The summed E-state index contributed by atoms with van der Waals surface area (Å²) >= 11 is 1.80. The molecule has 18 heavy (non-hydrogen) atoms. The number of hydrogen-bond donors (Lipinski definition) is 1. The Labute approximate surface area is 114 Å². The molecular formula is C16H21NS. The van der Waals surface area contributed by atoms with Crippen molar-refractivity contribution in [3.63, 3.8) is 0 Å². The lowest BCUT2D eigenvalue weighted by atomic mass is 9.95. The predicted octanol–water partition coefficient (Wildman–Crippen LogP) is 4.16. The highest BCUT2D eigenvalue weighted by Gasteiger charge is 2.11. The molecule has 2 rings (SSSR count). The second-order valence-electron chi connectivity index (χ2n) is 5.05. The van der Waals surface area contributed by atoms with E-state index in [-0.39, 0.29) is 0 Å². The van der Waals surface area contributed by atoms with Gasteiger partial charge in [-0.3, -0.25) is 0 Å². The van der Waals surface area contributed by atoms with Crippen LogP contribution in [-0.2, 0) is 6.42 Å². The molecule has 96 valence electrons. The normalized spacial score (nSPS) is 12.9. The Morgan fingerprint density at radius 3 is 2.33 bits per heavy atom. The quantitative estimate of drug-likeness (QED) is 0.857. The Hall–Kier alpha value is -1.12. The van der Waals surface area contributed by atoms with Gasteiger partial charge < -0.3 is 5.73 Å². The minimum absolute atomic E-state index is 0.454. The van der Waals surface area contributed by atoms with Crippen molar-refractivity contribution in [1.29, 1.82) is 0 Å². The molecule has 0 aliphatic heterocycles. The molecule has 0 bridgehead atoms. The molecular weight excluding hydrogens is 238 g/mol. The topological polar surface area (TPSA) is 26.0 Å². The fourth-order valence-electron chi connectivity index (χ4n) is 2.15. The van der Waals surface area contributed by atoms with E-state index in [2.05, 4.69) is 55.6 Å². The Morgan fingerprint density at radius 2 is 1.83 bits per heavy atom. The number of hydrogen-bond acceptors (Lipinski definition) is 2. The van der Waals surface area contributed by atoms with Gasteiger partial charge in [-0.15, -0.1) is 11.3 Å². The fourth-order valence-corrected chi connectivity index (χ4v) is 2.99. The van der Waals surface area contributed by atoms with E-state index in [4.69, 9.17) is 5.73 Å². The van der Waals surface area contributed by atoms with Crippen LogP contribution in [-0.4, -0.2) is 6.54 Å². The van der Waals surface area contributed by atoms with E-state index in [1.807, 2.05) is 0 Å². The Balaban J connectivity index is 2.08. The minimum Gasteiger partial charge on any atom is -0.330 e. The molecule has 2 N–H and O–H groups in total. The van der Waals surface area contributed by atoms with Crippen molar-refractivity contribution in [3.05, 3.63) is 57.8 Å². The van der Waals surface area contributed by atoms with Crippen LogP contribution in [0.1, 0.15) is 41.7 Å². The first-order chi connectivity index (χ1) is 8.70. The first-order valence-electron chi connectivity index (χ1n) is 6.53. The third kappa shape index (κ3) is 3.21. The second kappa shape index (κ2) is 6.17. The Bertz CT molecular complexity index is 456. The van der Waals surface area contributed by atoms with Gasteiger partial charge in [-0.2, -0.15) is 0 Å². The molecule has 0 fully saturated rings. The van der Waals surface area contributed by atoms with E-state index in [1.54, 1.807) is 11.3 Å². The van der Waals surface area contributed by atoms with Crippen molar-refractivity contribution >= 4 is 11.3 Å². The molecule has 0 saturated heterocycles. The lowest BCUT2D eigenvalue weighted by molar-refractivity contribution is 0.706. The van der Waals surface area contributed by atoms with Crippen LogP contribution in [0.4, 0.5) is 0 Å². The summed E-state index contributed by atoms with van der Waals surface area (Å²) in [5.41, 5.74) is 8.68. The molecule has 0 aliphatic carbocycles. The van der Waals surface area contributed by atoms with E-state index in [0.717, 1.165) is 6.42 Å². The zero-order valence-corrected chi connectivity index (χ0v) is 11.9. The van der Waals surface area contributed by atoms with E-state index in [9.17, 15) is 0 Å². The molecule has 1 aromatic heterocycles. The molecule has 0 aliphatic rings. The first-order valence-corrected chi connectivity index (χ1v) is 7.41. The lowest BCUT2D eigenvalue weighted by Gasteiger charge is -2.14. The van der Waals surface area contributed by atoms with Crippen molar-refractivity contribution < 1.29 is 0 Å². The maximum atomic E-state index is 5.90.